The first-order valence-electron chi connectivity index (χ1n) is 7.83. The third-order valence-corrected chi connectivity index (χ3v) is 4.11. The van der Waals surface area contributed by atoms with Gasteiger partial charge in [0.2, 0.25) is 0 Å². The van der Waals surface area contributed by atoms with Gasteiger partial charge in [-0.2, -0.15) is 0 Å². The number of fused-ring (bicyclic) bond motifs is 1. The molecule has 0 bridgehead atoms. The van der Waals surface area contributed by atoms with Gasteiger partial charge in [0.15, 0.2) is 0 Å². The second kappa shape index (κ2) is 5.69. The number of aryl methyl sites for hydroxylation is 1. The Balaban J connectivity index is 2.02. The number of rotatable bonds is 2. The zero-order valence-electron chi connectivity index (χ0n) is 13.0. The molecule has 0 aliphatic carbocycles. The van der Waals surface area contributed by atoms with Crippen LogP contribution in [0.5, 0.6) is 0 Å². The lowest BCUT2D eigenvalue weighted by Gasteiger charge is -2.11. The van der Waals surface area contributed by atoms with Gasteiger partial charge in [-0.1, -0.05) is 78.4 Å². The highest BCUT2D eigenvalue weighted by Gasteiger charge is 2.09. The molecule has 0 N–H and O–H groups in total. The Morgan fingerprint density at radius 3 is 2.22 bits per heavy atom. The van der Waals surface area contributed by atoms with Crippen LogP contribution in [0.3, 0.4) is 0 Å². The highest BCUT2D eigenvalue weighted by atomic mass is 14.7. The summed E-state index contributed by atoms with van der Waals surface area (Å²) in [5.74, 6) is 0. The summed E-state index contributed by atoms with van der Waals surface area (Å²) in [5.41, 5.74) is 6.93. The van der Waals surface area contributed by atoms with Crippen LogP contribution in [-0.2, 0) is 0 Å². The third kappa shape index (κ3) is 2.62. The van der Waals surface area contributed by atoms with Crippen molar-refractivity contribution in [3.63, 3.8) is 0 Å². The summed E-state index contributed by atoms with van der Waals surface area (Å²) >= 11 is 0. The van der Waals surface area contributed by atoms with Crippen molar-refractivity contribution in [1.29, 1.82) is 0 Å². The number of para-hydroxylation sites is 1. The molecule has 0 aliphatic rings. The van der Waals surface area contributed by atoms with E-state index in [1.165, 1.54) is 22.1 Å². The molecule has 1 heterocycles. The summed E-state index contributed by atoms with van der Waals surface area (Å²) in [4.78, 5) is 4.85. The smallest absolute Gasteiger partial charge is 0.0715 e. The van der Waals surface area contributed by atoms with Crippen LogP contribution in [0.25, 0.3) is 33.3 Å². The Morgan fingerprint density at radius 1 is 0.652 bits per heavy atom. The summed E-state index contributed by atoms with van der Waals surface area (Å²) in [6.45, 7) is 2.13. The number of hydrogen-bond acceptors (Lipinski definition) is 1. The van der Waals surface area contributed by atoms with Crippen LogP contribution in [0.4, 0.5) is 0 Å². The number of aromatic nitrogens is 1. The van der Waals surface area contributed by atoms with Crippen LogP contribution in [0.2, 0.25) is 0 Å². The highest BCUT2D eigenvalue weighted by Crippen LogP contribution is 2.32. The predicted octanol–water partition coefficient (Wildman–Crippen LogP) is 5.88. The Hall–Kier alpha value is -2.93. The molecule has 0 unspecified atom stereocenters. The minimum atomic E-state index is 1.01. The van der Waals surface area contributed by atoms with Crippen molar-refractivity contribution in [1.82, 2.24) is 4.98 Å². The Labute approximate surface area is 136 Å². The third-order valence-electron chi connectivity index (χ3n) is 4.11. The van der Waals surface area contributed by atoms with Crippen molar-refractivity contribution in [3.05, 3.63) is 90.5 Å². The van der Waals surface area contributed by atoms with Gasteiger partial charge in [0.05, 0.1) is 11.2 Å². The minimum absolute atomic E-state index is 1.01. The van der Waals surface area contributed by atoms with Crippen molar-refractivity contribution in [2.75, 3.05) is 0 Å². The van der Waals surface area contributed by atoms with Crippen molar-refractivity contribution in [2.24, 2.45) is 0 Å². The fourth-order valence-electron chi connectivity index (χ4n) is 2.98. The summed E-state index contributed by atoms with van der Waals surface area (Å²) in [6, 6.07) is 29.6. The van der Waals surface area contributed by atoms with Gasteiger partial charge in [-0.15, -0.1) is 0 Å². The number of hydrogen-bond donors (Lipinski definition) is 0. The van der Waals surface area contributed by atoms with Crippen LogP contribution in [0, 0.1) is 6.92 Å². The van der Waals surface area contributed by atoms with Crippen molar-refractivity contribution in [2.45, 2.75) is 6.92 Å². The fraction of sp³-hybridized carbons (Fsp3) is 0.0455. The van der Waals surface area contributed by atoms with Crippen molar-refractivity contribution >= 4 is 10.9 Å². The second-order valence-electron chi connectivity index (χ2n) is 5.81. The molecule has 1 nitrogen and oxygen atoms in total. The summed E-state index contributed by atoms with van der Waals surface area (Å²) in [7, 11) is 0. The van der Waals surface area contributed by atoms with Gasteiger partial charge in [-0.05, 0) is 30.2 Å². The maximum Gasteiger partial charge on any atom is 0.0715 e. The molecule has 110 valence electrons. The highest BCUT2D eigenvalue weighted by molar-refractivity contribution is 5.96. The SMILES string of the molecule is Cc1cccc(-c2cc(-c3ccccc3)nc3ccccc23)c1. The summed E-state index contributed by atoms with van der Waals surface area (Å²) in [6.07, 6.45) is 0. The average molecular weight is 295 g/mol. The van der Waals surface area contributed by atoms with E-state index < -0.39 is 0 Å². The van der Waals surface area contributed by atoms with Crippen LogP contribution >= 0.6 is 0 Å². The van der Waals surface area contributed by atoms with E-state index in [9.17, 15) is 0 Å². The van der Waals surface area contributed by atoms with Gasteiger partial charge >= 0.3 is 0 Å². The summed E-state index contributed by atoms with van der Waals surface area (Å²) in [5, 5.41) is 1.19. The topological polar surface area (TPSA) is 12.9 Å². The molecule has 0 aliphatic heterocycles. The second-order valence-corrected chi connectivity index (χ2v) is 5.81. The van der Waals surface area contributed by atoms with Gasteiger partial charge in [0.25, 0.3) is 0 Å². The molecule has 1 heteroatoms. The zero-order valence-corrected chi connectivity index (χ0v) is 13.0. The molecule has 0 radical (unpaired) electrons. The molecule has 4 rings (SSSR count). The summed E-state index contributed by atoms with van der Waals surface area (Å²) < 4.78 is 0. The number of nitrogens with zero attached hydrogens (tertiary/aromatic N) is 1. The largest absolute Gasteiger partial charge is 0.248 e. The molecule has 0 atom stereocenters. The van der Waals surface area contributed by atoms with Crippen molar-refractivity contribution < 1.29 is 0 Å². The Morgan fingerprint density at radius 2 is 1.39 bits per heavy atom. The van der Waals surface area contributed by atoms with Crippen LogP contribution < -0.4 is 0 Å². The standard InChI is InChI=1S/C22H17N/c1-16-8-7-11-18(14-16)20-15-22(17-9-3-2-4-10-17)23-21-13-6-5-12-19(20)21/h2-15H,1H3. The molecule has 3 aromatic carbocycles. The maximum atomic E-state index is 4.85. The first kappa shape index (κ1) is 13.7. The van der Waals surface area contributed by atoms with Gasteiger partial charge < -0.3 is 0 Å². The van der Waals surface area contributed by atoms with Gasteiger partial charge in [-0.3, -0.25) is 0 Å². The molecule has 0 saturated carbocycles. The molecule has 0 saturated heterocycles. The maximum absolute atomic E-state index is 4.85. The molecular weight excluding hydrogens is 278 g/mol. The van der Waals surface area contributed by atoms with Gasteiger partial charge in [0, 0.05) is 10.9 Å². The molecule has 4 aromatic rings. The first-order valence-corrected chi connectivity index (χ1v) is 7.83. The van der Waals surface area contributed by atoms with Crippen LogP contribution in [0.15, 0.2) is 84.9 Å². The lowest BCUT2D eigenvalue weighted by molar-refractivity contribution is 1.39. The number of pyridine rings is 1. The van der Waals surface area contributed by atoms with E-state index in [-0.39, 0.29) is 0 Å². The predicted molar refractivity (Wildman–Crippen MR) is 97.4 cm³/mol. The lowest BCUT2D eigenvalue weighted by Crippen LogP contribution is -1.90. The van der Waals surface area contributed by atoms with Crippen LogP contribution in [-0.4, -0.2) is 4.98 Å². The molecule has 0 spiro atoms. The van der Waals surface area contributed by atoms with Gasteiger partial charge in [0.1, 0.15) is 0 Å². The Kier molecular flexibility index (Phi) is 3.39. The molecule has 0 fully saturated rings. The van der Waals surface area contributed by atoms with E-state index >= 15 is 0 Å². The number of benzene rings is 3. The minimum Gasteiger partial charge on any atom is -0.248 e. The lowest BCUT2D eigenvalue weighted by atomic mass is 9.97. The molecule has 0 amide bonds. The van der Waals surface area contributed by atoms with E-state index in [1.807, 2.05) is 12.1 Å². The van der Waals surface area contributed by atoms with Crippen molar-refractivity contribution in [3.8, 4) is 22.4 Å². The first-order chi connectivity index (χ1) is 11.3. The van der Waals surface area contributed by atoms with E-state index in [1.54, 1.807) is 0 Å². The van der Waals surface area contributed by atoms with Crippen LogP contribution in [0.1, 0.15) is 5.56 Å². The molecule has 23 heavy (non-hydrogen) atoms. The van der Waals surface area contributed by atoms with E-state index in [4.69, 9.17) is 4.98 Å². The monoisotopic (exact) mass is 295 g/mol. The average Bonchev–Trinajstić information content (AvgIpc) is 2.61. The molecular formula is C22H17N. The molecule has 1 aromatic heterocycles. The van der Waals surface area contributed by atoms with E-state index in [0.717, 1.165) is 16.8 Å². The Bertz CT molecular complexity index is 971. The fourth-order valence-corrected chi connectivity index (χ4v) is 2.98. The van der Waals surface area contributed by atoms with Gasteiger partial charge in [-0.25, -0.2) is 4.98 Å². The van der Waals surface area contributed by atoms with E-state index in [2.05, 4.69) is 79.7 Å². The van der Waals surface area contributed by atoms with E-state index in [0.29, 0.717) is 0 Å². The normalized spacial score (nSPS) is 10.8. The zero-order chi connectivity index (χ0) is 15.6. The quantitative estimate of drug-likeness (QED) is 0.450.